The van der Waals surface area contributed by atoms with Gasteiger partial charge in [-0.05, 0) is 38.0 Å². The van der Waals surface area contributed by atoms with Crippen molar-refractivity contribution >= 4 is 5.78 Å². The first-order valence-electron chi connectivity index (χ1n) is 6.05. The third-order valence-corrected chi connectivity index (χ3v) is 4.80. The van der Waals surface area contributed by atoms with Crippen LogP contribution in [-0.2, 0) is 9.53 Å². The number of ketones is 1. The number of hydrogen-bond acceptors (Lipinski definition) is 2. The Hall–Kier alpha value is -0.370. The number of Topliss-reactive ketones (excluding diaryl/α,β-unsaturated/α-hetero) is 1. The SMILES string of the molecule is CC(C)OCC12CCC(CC1=O)C2(C)C. The van der Waals surface area contributed by atoms with Crippen molar-refractivity contribution in [3.63, 3.8) is 0 Å². The van der Waals surface area contributed by atoms with E-state index in [0.717, 1.165) is 12.8 Å². The van der Waals surface area contributed by atoms with E-state index in [4.69, 9.17) is 4.74 Å². The molecule has 0 saturated heterocycles. The average Bonchev–Trinajstić information content (AvgIpc) is 2.47. The average molecular weight is 210 g/mol. The van der Waals surface area contributed by atoms with Crippen molar-refractivity contribution in [3.05, 3.63) is 0 Å². The summed E-state index contributed by atoms with van der Waals surface area (Å²) in [5, 5.41) is 0. The first-order chi connectivity index (χ1) is 6.90. The molecule has 0 aromatic heterocycles. The first kappa shape index (κ1) is 11.1. The van der Waals surface area contributed by atoms with E-state index in [1.54, 1.807) is 0 Å². The summed E-state index contributed by atoms with van der Waals surface area (Å²) in [6, 6.07) is 0. The van der Waals surface area contributed by atoms with Crippen LogP contribution in [-0.4, -0.2) is 18.5 Å². The third-order valence-electron chi connectivity index (χ3n) is 4.80. The van der Waals surface area contributed by atoms with Crippen molar-refractivity contribution in [1.29, 1.82) is 0 Å². The molecule has 2 atom stereocenters. The number of carbonyl (C=O) groups is 1. The number of fused-ring (bicyclic) bond motifs is 2. The lowest BCUT2D eigenvalue weighted by Gasteiger charge is -2.36. The normalized spacial score (nSPS) is 37.9. The number of hydrogen-bond donors (Lipinski definition) is 0. The molecule has 15 heavy (non-hydrogen) atoms. The van der Waals surface area contributed by atoms with Gasteiger partial charge in [0.2, 0.25) is 0 Å². The van der Waals surface area contributed by atoms with Gasteiger partial charge in [0.25, 0.3) is 0 Å². The van der Waals surface area contributed by atoms with Crippen LogP contribution in [0.2, 0.25) is 0 Å². The van der Waals surface area contributed by atoms with Crippen molar-refractivity contribution in [2.75, 3.05) is 6.61 Å². The Kier molecular flexibility index (Phi) is 2.45. The maximum Gasteiger partial charge on any atom is 0.142 e. The Labute approximate surface area is 92.4 Å². The van der Waals surface area contributed by atoms with Crippen LogP contribution in [0.5, 0.6) is 0 Å². The van der Waals surface area contributed by atoms with Crippen LogP contribution in [0.4, 0.5) is 0 Å². The van der Waals surface area contributed by atoms with Gasteiger partial charge in [-0.25, -0.2) is 0 Å². The molecule has 0 aliphatic heterocycles. The minimum Gasteiger partial charge on any atom is -0.378 e. The molecule has 0 spiro atoms. The summed E-state index contributed by atoms with van der Waals surface area (Å²) in [6.45, 7) is 9.20. The van der Waals surface area contributed by atoms with Crippen molar-refractivity contribution < 1.29 is 9.53 Å². The van der Waals surface area contributed by atoms with Gasteiger partial charge in [-0.3, -0.25) is 4.79 Å². The quantitative estimate of drug-likeness (QED) is 0.716. The molecule has 0 N–H and O–H groups in total. The van der Waals surface area contributed by atoms with Crippen LogP contribution < -0.4 is 0 Å². The van der Waals surface area contributed by atoms with Gasteiger partial charge in [-0.2, -0.15) is 0 Å². The Balaban J connectivity index is 2.20. The molecule has 86 valence electrons. The Morgan fingerprint density at radius 1 is 1.47 bits per heavy atom. The molecule has 0 amide bonds. The van der Waals surface area contributed by atoms with Crippen molar-refractivity contribution in [3.8, 4) is 0 Å². The molecular weight excluding hydrogens is 188 g/mol. The molecule has 2 rings (SSSR count). The lowest BCUT2D eigenvalue weighted by atomic mass is 9.69. The molecule has 2 aliphatic rings. The maximum absolute atomic E-state index is 12.1. The van der Waals surface area contributed by atoms with Crippen LogP contribution in [0.15, 0.2) is 0 Å². The van der Waals surface area contributed by atoms with Crippen LogP contribution in [0.25, 0.3) is 0 Å². The minimum atomic E-state index is -0.165. The molecule has 0 heterocycles. The Bertz CT molecular complexity index is 280. The molecule has 0 radical (unpaired) electrons. The summed E-state index contributed by atoms with van der Waals surface area (Å²) >= 11 is 0. The van der Waals surface area contributed by atoms with E-state index in [1.807, 2.05) is 13.8 Å². The molecule has 2 unspecified atom stereocenters. The van der Waals surface area contributed by atoms with Crippen molar-refractivity contribution in [2.24, 2.45) is 16.7 Å². The van der Waals surface area contributed by atoms with Gasteiger partial charge in [0.15, 0.2) is 0 Å². The lowest BCUT2D eigenvalue weighted by molar-refractivity contribution is -0.135. The fraction of sp³-hybridized carbons (Fsp3) is 0.923. The minimum absolute atomic E-state index is 0.152. The fourth-order valence-corrected chi connectivity index (χ4v) is 3.42. The van der Waals surface area contributed by atoms with Crippen LogP contribution in [0.3, 0.4) is 0 Å². The summed E-state index contributed by atoms with van der Waals surface area (Å²) in [4.78, 5) is 12.1. The Morgan fingerprint density at radius 2 is 2.13 bits per heavy atom. The van der Waals surface area contributed by atoms with E-state index in [-0.39, 0.29) is 16.9 Å². The standard InChI is InChI=1S/C13H22O2/c1-9(2)15-8-13-6-5-10(7-11(13)14)12(13,3)4/h9-10H,5-8H2,1-4H3. The van der Waals surface area contributed by atoms with E-state index in [0.29, 0.717) is 18.3 Å². The second-order valence-electron chi connectivity index (χ2n) is 6.03. The van der Waals surface area contributed by atoms with Crippen LogP contribution >= 0.6 is 0 Å². The fourth-order valence-electron chi connectivity index (χ4n) is 3.42. The Morgan fingerprint density at radius 3 is 2.53 bits per heavy atom. The smallest absolute Gasteiger partial charge is 0.142 e. The number of rotatable bonds is 3. The predicted octanol–water partition coefficient (Wildman–Crippen LogP) is 2.81. The highest BCUT2D eigenvalue weighted by Crippen LogP contribution is 2.63. The van der Waals surface area contributed by atoms with Crippen molar-refractivity contribution in [2.45, 2.75) is 53.1 Å². The number of carbonyl (C=O) groups excluding carboxylic acids is 1. The molecule has 2 fully saturated rings. The van der Waals surface area contributed by atoms with Gasteiger partial charge in [-0.1, -0.05) is 13.8 Å². The van der Waals surface area contributed by atoms with Crippen molar-refractivity contribution in [1.82, 2.24) is 0 Å². The predicted molar refractivity (Wildman–Crippen MR) is 59.7 cm³/mol. The highest BCUT2D eigenvalue weighted by Gasteiger charge is 2.64. The van der Waals surface area contributed by atoms with Crippen LogP contribution in [0.1, 0.15) is 47.0 Å². The van der Waals surface area contributed by atoms with Gasteiger partial charge in [0, 0.05) is 6.42 Å². The van der Waals surface area contributed by atoms with E-state index < -0.39 is 0 Å². The van der Waals surface area contributed by atoms with Gasteiger partial charge in [0.05, 0.1) is 18.1 Å². The molecular formula is C13H22O2. The first-order valence-corrected chi connectivity index (χ1v) is 6.05. The highest BCUT2D eigenvalue weighted by molar-refractivity contribution is 5.89. The maximum atomic E-state index is 12.1. The molecule has 2 aliphatic carbocycles. The zero-order chi connectivity index (χ0) is 11.3. The molecule has 2 heteroatoms. The van der Waals surface area contributed by atoms with Gasteiger partial charge in [0.1, 0.15) is 5.78 Å². The second-order valence-corrected chi connectivity index (χ2v) is 6.03. The molecule has 0 aromatic rings. The van der Waals surface area contributed by atoms with Crippen LogP contribution in [0, 0.1) is 16.7 Å². The zero-order valence-corrected chi connectivity index (χ0v) is 10.3. The van der Waals surface area contributed by atoms with E-state index in [2.05, 4.69) is 13.8 Å². The highest BCUT2D eigenvalue weighted by atomic mass is 16.5. The van der Waals surface area contributed by atoms with Gasteiger partial charge < -0.3 is 4.74 Å². The molecule has 2 nitrogen and oxygen atoms in total. The summed E-state index contributed by atoms with van der Waals surface area (Å²) in [5.41, 5.74) is -0.0130. The molecule has 2 bridgehead atoms. The van der Waals surface area contributed by atoms with E-state index >= 15 is 0 Å². The van der Waals surface area contributed by atoms with Gasteiger partial charge in [-0.15, -0.1) is 0 Å². The third kappa shape index (κ3) is 1.37. The van der Waals surface area contributed by atoms with E-state index in [1.165, 1.54) is 6.42 Å². The molecule has 2 saturated carbocycles. The summed E-state index contributed by atoms with van der Waals surface area (Å²) in [5.74, 6) is 1.05. The largest absolute Gasteiger partial charge is 0.378 e. The van der Waals surface area contributed by atoms with Gasteiger partial charge >= 0.3 is 0 Å². The second kappa shape index (κ2) is 3.31. The number of ether oxygens (including phenoxy) is 1. The van der Waals surface area contributed by atoms with E-state index in [9.17, 15) is 4.79 Å². The monoisotopic (exact) mass is 210 g/mol. The topological polar surface area (TPSA) is 26.3 Å². The summed E-state index contributed by atoms with van der Waals surface area (Å²) < 4.78 is 5.73. The lowest BCUT2D eigenvalue weighted by Crippen LogP contribution is -2.40. The summed E-state index contributed by atoms with van der Waals surface area (Å²) in [6.07, 6.45) is 3.26. The summed E-state index contributed by atoms with van der Waals surface area (Å²) in [7, 11) is 0. The molecule has 0 aromatic carbocycles. The zero-order valence-electron chi connectivity index (χ0n) is 10.3.